The summed E-state index contributed by atoms with van der Waals surface area (Å²) >= 11 is 1.21. The van der Waals surface area contributed by atoms with Crippen molar-refractivity contribution in [3.63, 3.8) is 0 Å². The topological polar surface area (TPSA) is 99.1 Å². The van der Waals surface area contributed by atoms with Crippen LogP contribution in [0.25, 0.3) is 0 Å². The molecular weight excluding hydrogens is 402 g/mol. The molecule has 0 aliphatic carbocycles. The number of carboxylic acids is 1. The Morgan fingerprint density at radius 1 is 1.20 bits per heavy atom. The zero-order valence-corrected chi connectivity index (χ0v) is 17.2. The maximum absolute atomic E-state index is 12.8. The quantitative estimate of drug-likeness (QED) is 0.659. The van der Waals surface area contributed by atoms with Crippen molar-refractivity contribution >= 4 is 46.1 Å². The zero-order valence-electron chi connectivity index (χ0n) is 16.4. The van der Waals surface area contributed by atoms with Crippen LogP contribution in [-0.4, -0.2) is 44.8 Å². The first-order valence-electron chi connectivity index (χ1n) is 9.25. The number of nitrogens with one attached hydrogen (secondary N) is 1. The summed E-state index contributed by atoms with van der Waals surface area (Å²) in [6, 6.07) is 13.5. The summed E-state index contributed by atoms with van der Waals surface area (Å²) in [6.45, 7) is 5.91. The van der Waals surface area contributed by atoms with Gasteiger partial charge in [0.1, 0.15) is 5.25 Å². The first kappa shape index (κ1) is 21.3. The molecule has 0 bridgehead atoms. The van der Waals surface area contributed by atoms with Crippen molar-refractivity contribution in [2.75, 3.05) is 11.9 Å². The number of aliphatic imine (C=N–C) groups is 1. The Balaban J connectivity index is 1.73. The van der Waals surface area contributed by atoms with E-state index in [9.17, 15) is 14.4 Å². The highest BCUT2D eigenvalue weighted by atomic mass is 32.2. The number of benzene rings is 2. The number of amides is 2. The zero-order chi connectivity index (χ0) is 21.7. The minimum atomic E-state index is -1.02. The van der Waals surface area contributed by atoms with Gasteiger partial charge in [0.05, 0.1) is 11.3 Å². The summed E-state index contributed by atoms with van der Waals surface area (Å²) in [5.41, 5.74) is 2.44. The third-order valence-corrected chi connectivity index (χ3v) is 5.55. The highest BCUT2D eigenvalue weighted by molar-refractivity contribution is 8.15. The molecule has 0 radical (unpaired) electrons. The number of aromatic carboxylic acids is 1. The van der Waals surface area contributed by atoms with Gasteiger partial charge in [-0.3, -0.25) is 14.5 Å². The number of hydrogen-bond donors (Lipinski definition) is 2. The Labute approximate surface area is 178 Å². The summed E-state index contributed by atoms with van der Waals surface area (Å²) in [5, 5.41) is 11.7. The van der Waals surface area contributed by atoms with E-state index in [4.69, 9.17) is 5.11 Å². The molecule has 154 valence electrons. The van der Waals surface area contributed by atoms with Crippen LogP contribution in [0.3, 0.4) is 0 Å². The Bertz CT molecular complexity index is 1000. The molecule has 0 saturated carbocycles. The Morgan fingerprint density at radius 2 is 1.87 bits per heavy atom. The van der Waals surface area contributed by atoms with Gasteiger partial charge in [-0.2, -0.15) is 0 Å². The van der Waals surface area contributed by atoms with Crippen LogP contribution in [0.4, 0.5) is 11.4 Å². The van der Waals surface area contributed by atoms with E-state index in [2.05, 4.69) is 16.9 Å². The molecule has 2 aromatic rings. The van der Waals surface area contributed by atoms with E-state index < -0.39 is 11.2 Å². The molecule has 1 unspecified atom stereocenters. The summed E-state index contributed by atoms with van der Waals surface area (Å²) in [5.74, 6) is -1.48. The molecule has 1 aliphatic rings. The van der Waals surface area contributed by atoms with Gasteiger partial charge in [-0.1, -0.05) is 35.5 Å². The van der Waals surface area contributed by atoms with E-state index in [-0.39, 0.29) is 30.3 Å². The van der Waals surface area contributed by atoms with Gasteiger partial charge in [-0.05, 0) is 43.3 Å². The number of thioether (sulfide) groups is 1. The largest absolute Gasteiger partial charge is 0.478 e. The molecule has 1 saturated heterocycles. The van der Waals surface area contributed by atoms with Crippen LogP contribution in [-0.2, 0) is 9.59 Å². The molecule has 1 heterocycles. The number of amidine groups is 1. The molecular formula is C22H21N3O4S. The number of carbonyl (C=O) groups excluding carboxylic acids is 2. The predicted octanol–water partition coefficient (Wildman–Crippen LogP) is 3.84. The third kappa shape index (κ3) is 5.15. The molecule has 30 heavy (non-hydrogen) atoms. The lowest BCUT2D eigenvalue weighted by molar-refractivity contribution is -0.127. The van der Waals surface area contributed by atoms with E-state index in [1.807, 2.05) is 31.2 Å². The molecule has 2 amide bonds. The average Bonchev–Trinajstić information content (AvgIpc) is 2.99. The summed E-state index contributed by atoms with van der Waals surface area (Å²) < 4.78 is 0. The van der Waals surface area contributed by atoms with Crippen molar-refractivity contribution < 1.29 is 19.5 Å². The van der Waals surface area contributed by atoms with Gasteiger partial charge in [0.15, 0.2) is 5.17 Å². The number of carbonyl (C=O) groups is 3. The van der Waals surface area contributed by atoms with Gasteiger partial charge in [-0.25, -0.2) is 9.79 Å². The normalized spacial score (nSPS) is 17.2. The van der Waals surface area contributed by atoms with Crippen molar-refractivity contribution in [3.8, 4) is 0 Å². The van der Waals surface area contributed by atoms with Crippen LogP contribution in [0, 0.1) is 6.92 Å². The smallest absolute Gasteiger partial charge is 0.335 e. The molecule has 8 heteroatoms. The highest BCUT2D eigenvalue weighted by Crippen LogP contribution is 2.32. The minimum absolute atomic E-state index is 0.0159. The second-order valence-electron chi connectivity index (χ2n) is 6.71. The molecule has 1 aliphatic heterocycles. The number of carboxylic acid groups (broad SMARTS) is 1. The van der Waals surface area contributed by atoms with E-state index >= 15 is 0 Å². The average molecular weight is 423 g/mol. The van der Waals surface area contributed by atoms with Crippen molar-refractivity contribution in [1.82, 2.24) is 4.90 Å². The van der Waals surface area contributed by atoms with Gasteiger partial charge < -0.3 is 10.4 Å². The predicted molar refractivity (Wildman–Crippen MR) is 118 cm³/mol. The number of aryl methyl sites for hydroxylation is 1. The lowest BCUT2D eigenvalue weighted by atomic mass is 10.2. The fourth-order valence-corrected chi connectivity index (χ4v) is 4.00. The lowest BCUT2D eigenvalue weighted by Gasteiger charge is -2.13. The van der Waals surface area contributed by atoms with E-state index in [0.717, 1.165) is 5.56 Å². The van der Waals surface area contributed by atoms with Crippen LogP contribution >= 0.6 is 11.8 Å². The van der Waals surface area contributed by atoms with Crippen LogP contribution in [0.1, 0.15) is 22.3 Å². The number of nitrogens with zero attached hydrogens (tertiary/aromatic N) is 2. The van der Waals surface area contributed by atoms with E-state index in [1.165, 1.54) is 28.8 Å². The molecule has 1 fully saturated rings. The standard InChI is InChI=1S/C22H21N3O4S/c1-3-12-25-20(27)18(13-19(26)23-16-8-4-14(2)5-9-16)30-22(25)24-17-10-6-15(7-11-17)21(28)29/h3-11,18H,1,12-13H2,2H3,(H,23,26)(H,28,29). The fourth-order valence-electron chi connectivity index (χ4n) is 2.83. The number of hydrogen-bond acceptors (Lipinski definition) is 5. The summed E-state index contributed by atoms with van der Waals surface area (Å²) in [6.07, 6.45) is 1.61. The minimum Gasteiger partial charge on any atom is -0.478 e. The first-order valence-corrected chi connectivity index (χ1v) is 10.1. The number of anilines is 1. The molecule has 7 nitrogen and oxygen atoms in total. The lowest BCUT2D eigenvalue weighted by Crippen LogP contribution is -2.33. The van der Waals surface area contributed by atoms with Crippen molar-refractivity contribution in [3.05, 3.63) is 72.3 Å². The molecule has 0 aromatic heterocycles. The third-order valence-electron chi connectivity index (χ3n) is 4.38. The summed E-state index contributed by atoms with van der Waals surface area (Å²) in [7, 11) is 0. The van der Waals surface area contributed by atoms with Gasteiger partial charge >= 0.3 is 5.97 Å². The molecule has 1 atom stereocenters. The van der Waals surface area contributed by atoms with Gasteiger partial charge in [0.25, 0.3) is 0 Å². The fraction of sp³-hybridized carbons (Fsp3) is 0.182. The van der Waals surface area contributed by atoms with Gasteiger partial charge in [0.2, 0.25) is 11.8 Å². The Hall–Kier alpha value is -3.39. The van der Waals surface area contributed by atoms with Crippen molar-refractivity contribution in [2.45, 2.75) is 18.6 Å². The Morgan fingerprint density at radius 3 is 2.47 bits per heavy atom. The summed E-state index contributed by atoms with van der Waals surface area (Å²) in [4.78, 5) is 42.1. The second kappa shape index (κ2) is 9.41. The van der Waals surface area contributed by atoms with Gasteiger partial charge in [-0.15, -0.1) is 6.58 Å². The second-order valence-corrected chi connectivity index (χ2v) is 7.88. The van der Waals surface area contributed by atoms with Crippen LogP contribution < -0.4 is 5.32 Å². The van der Waals surface area contributed by atoms with Crippen LogP contribution in [0.5, 0.6) is 0 Å². The van der Waals surface area contributed by atoms with Crippen molar-refractivity contribution in [2.24, 2.45) is 4.99 Å². The SMILES string of the molecule is C=CCN1C(=O)C(CC(=O)Nc2ccc(C)cc2)SC1=Nc1ccc(C(=O)O)cc1. The van der Waals surface area contributed by atoms with Crippen molar-refractivity contribution in [1.29, 1.82) is 0 Å². The molecule has 2 aromatic carbocycles. The van der Waals surface area contributed by atoms with Gasteiger partial charge in [0, 0.05) is 18.7 Å². The maximum Gasteiger partial charge on any atom is 0.335 e. The molecule has 2 N–H and O–H groups in total. The van der Waals surface area contributed by atoms with Crippen LogP contribution in [0.15, 0.2) is 66.2 Å². The van der Waals surface area contributed by atoms with Crippen LogP contribution in [0.2, 0.25) is 0 Å². The Kier molecular flexibility index (Phi) is 6.68. The maximum atomic E-state index is 12.8. The van der Waals surface area contributed by atoms with E-state index in [1.54, 1.807) is 18.2 Å². The first-order chi connectivity index (χ1) is 14.4. The molecule has 0 spiro atoms. The number of rotatable bonds is 7. The monoisotopic (exact) mass is 423 g/mol. The molecule has 3 rings (SSSR count). The van der Waals surface area contributed by atoms with E-state index in [0.29, 0.717) is 16.5 Å². The highest BCUT2D eigenvalue weighted by Gasteiger charge is 2.38.